The van der Waals surface area contributed by atoms with Crippen LogP contribution in [0.1, 0.15) is 51.0 Å². The average Bonchev–Trinajstić information content (AvgIpc) is 2.40. The largest absolute Gasteiger partial charge is 0.338 e. The lowest BCUT2D eigenvalue weighted by Crippen LogP contribution is -2.29. The van der Waals surface area contributed by atoms with Crippen LogP contribution in [0, 0.1) is 6.92 Å². The molecule has 0 unspecified atom stereocenters. The Kier molecular flexibility index (Phi) is 7.71. The molecule has 0 fully saturated rings. The van der Waals surface area contributed by atoms with Crippen LogP contribution >= 0.6 is 0 Å². The van der Waals surface area contributed by atoms with E-state index in [0.717, 1.165) is 18.7 Å². The number of anilines is 1. The zero-order valence-electron chi connectivity index (χ0n) is 12.2. The van der Waals surface area contributed by atoms with Gasteiger partial charge < -0.3 is 10.6 Å². The molecule has 1 aromatic carbocycles. The maximum Gasteiger partial charge on any atom is 0.319 e. The first kappa shape index (κ1) is 15.5. The minimum atomic E-state index is -0.114. The third kappa shape index (κ3) is 7.50. The SMILES string of the molecule is CCCCCCCCNC(=O)Nc1ccc(C)cc1. The van der Waals surface area contributed by atoms with Gasteiger partial charge in [-0.2, -0.15) is 0 Å². The first-order valence-corrected chi connectivity index (χ1v) is 7.34. The van der Waals surface area contributed by atoms with E-state index in [2.05, 4.69) is 17.6 Å². The summed E-state index contributed by atoms with van der Waals surface area (Å²) in [5.41, 5.74) is 2.03. The monoisotopic (exact) mass is 262 g/mol. The maximum atomic E-state index is 11.6. The summed E-state index contributed by atoms with van der Waals surface area (Å²) >= 11 is 0. The lowest BCUT2D eigenvalue weighted by atomic mass is 10.1. The van der Waals surface area contributed by atoms with Gasteiger partial charge in [0.1, 0.15) is 0 Å². The number of hydrogen-bond donors (Lipinski definition) is 2. The number of aryl methyl sites for hydroxylation is 1. The second kappa shape index (κ2) is 9.42. The topological polar surface area (TPSA) is 41.1 Å². The van der Waals surface area contributed by atoms with Crippen LogP contribution < -0.4 is 10.6 Å². The van der Waals surface area contributed by atoms with Crippen LogP contribution in [0.15, 0.2) is 24.3 Å². The highest BCUT2D eigenvalue weighted by Gasteiger charge is 2.00. The fraction of sp³-hybridized carbons (Fsp3) is 0.562. The number of urea groups is 1. The molecule has 0 spiro atoms. The van der Waals surface area contributed by atoms with Crippen LogP contribution in [-0.2, 0) is 0 Å². The Labute approximate surface area is 116 Å². The number of benzene rings is 1. The third-order valence-corrected chi connectivity index (χ3v) is 3.13. The van der Waals surface area contributed by atoms with Gasteiger partial charge in [-0.25, -0.2) is 4.79 Å². The van der Waals surface area contributed by atoms with Gasteiger partial charge in [-0.15, -0.1) is 0 Å². The van der Waals surface area contributed by atoms with Crippen LogP contribution in [-0.4, -0.2) is 12.6 Å². The molecule has 0 aliphatic rings. The van der Waals surface area contributed by atoms with Crippen molar-refractivity contribution in [2.75, 3.05) is 11.9 Å². The molecule has 0 bridgehead atoms. The number of rotatable bonds is 8. The van der Waals surface area contributed by atoms with Crippen molar-refractivity contribution in [2.24, 2.45) is 0 Å². The van der Waals surface area contributed by atoms with Gasteiger partial charge in [0, 0.05) is 12.2 Å². The molecule has 0 aromatic heterocycles. The molecule has 2 N–H and O–H groups in total. The molecule has 3 heteroatoms. The van der Waals surface area contributed by atoms with E-state index in [0.29, 0.717) is 0 Å². The number of hydrogen-bond acceptors (Lipinski definition) is 1. The molecule has 0 aliphatic heterocycles. The molecule has 0 radical (unpaired) electrons. The number of carbonyl (C=O) groups excluding carboxylic acids is 1. The molecule has 0 atom stereocenters. The summed E-state index contributed by atoms with van der Waals surface area (Å²) in [6, 6.07) is 7.70. The van der Waals surface area contributed by atoms with Gasteiger partial charge in [0.15, 0.2) is 0 Å². The van der Waals surface area contributed by atoms with E-state index in [-0.39, 0.29) is 6.03 Å². The zero-order chi connectivity index (χ0) is 13.9. The Balaban J connectivity index is 2.06. The molecule has 1 aromatic rings. The van der Waals surface area contributed by atoms with Gasteiger partial charge in [0.05, 0.1) is 0 Å². The molecular formula is C16H26N2O. The van der Waals surface area contributed by atoms with Gasteiger partial charge in [-0.05, 0) is 25.5 Å². The molecule has 0 saturated carbocycles. The van der Waals surface area contributed by atoms with E-state index in [1.54, 1.807) is 0 Å². The normalized spacial score (nSPS) is 10.2. The highest BCUT2D eigenvalue weighted by Crippen LogP contribution is 2.08. The number of unbranched alkanes of at least 4 members (excludes halogenated alkanes) is 5. The van der Waals surface area contributed by atoms with E-state index >= 15 is 0 Å². The Hall–Kier alpha value is -1.51. The van der Waals surface area contributed by atoms with Gasteiger partial charge in [0.25, 0.3) is 0 Å². The third-order valence-electron chi connectivity index (χ3n) is 3.13. The van der Waals surface area contributed by atoms with E-state index in [4.69, 9.17) is 0 Å². The lowest BCUT2D eigenvalue weighted by Gasteiger charge is -2.07. The summed E-state index contributed by atoms with van der Waals surface area (Å²) in [5.74, 6) is 0. The minimum Gasteiger partial charge on any atom is -0.338 e. The van der Waals surface area contributed by atoms with Crippen molar-refractivity contribution in [3.05, 3.63) is 29.8 Å². The molecule has 3 nitrogen and oxygen atoms in total. The van der Waals surface area contributed by atoms with Crippen molar-refractivity contribution in [1.82, 2.24) is 5.32 Å². The standard InChI is InChI=1S/C16H26N2O/c1-3-4-5-6-7-8-13-17-16(19)18-15-11-9-14(2)10-12-15/h9-12H,3-8,13H2,1-2H3,(H2,17,18,19). The summed E-state index contributed by atoms with van der Waals surface area (Å²) in [6.07, 6.45) is 7.44. The predicted molar refractivity (Wildman–Crippen MR) is 81.6 cm³/mol. The quantitative estimate of drug-likeness (QED) is 0.666. The van der Waals surface area contributed by atoms with Gasteiger partial charge in [0.2, 0.25) is 0 Å². The fourth-order valence-electron chi connectivity index (χ4n) is 1.92. The van der Waals surface area contributed by atoms with Gasteiger partial charge >= 0.3 is 6.03 Å². The molecule has 0 saturated heterocycles. The van der Waals surface area contributed by atoms with Crippen LogP contribution in [0.2, 0.25) is 0 Å². The van der Waals surface area contributed by atoms with Crippen molar-refractivity contribution in [3.63, 3.8) is 0 Å². The van der Waals surface area contributed by atoms with Crippen LogP contribution in [0.4, 0.5) is 10.5 Å². The molecule has 19 heavy (non-hydrogen) atoms. The minimum absolute atomic E-state index is 0.114. The number of amides is 2. The summed E-state index contributed by atoms with van der Waals surface area (Å²) in [4.78, 5) is 11.6. The molecular weight excluding hydrogens is 236 g/mol. The summed E-state index contributed by atoms with van der Waals surface area (Å²) in [7, 11) is 0. The van der Waals surface area contributed by atoms with Crippen molar-refractivity contribution >= 4 is 11.7 Å². The summed E-state index contributed by atoms with van der Waals surface area (Å²) in [6.45, 7) is 5.00. The Morgan fingerprint density at radius 1 is 1.00 bits per heavy atom. The van der Waals surface area contributed by atoms with Crippen molar-refractivity contribution in [2.45, 2.75) is 52.4 Å². The Morgan fingerprint density at radius 3 is 2.32 bits per heavy atom. The maximum absolute atomic E-state index is 11.6. The van der Waals surface area contributed by atoms with Crippen LogP contribution in [0.3, 0.4) is 0 Å². The van der Waals surface area contributed by atoms with Crippen LogP contribution in [0.5, 0.6) is 0 Å². The summed E-state index contributed by atoms with van der Waals surface area (Å²) < 4.78 is 0. The highest BCUT2D eigenvalue weighted by molar-refractivity contribution is 5.89. The predicted octanol–water partition coefficient (Wildman–Crippen LogP) is 4.48. The van der Waals surface area contributed by atoms with Crippen molar-refractivity contribution in [1.29, 1.82) is 0 Å². The zero-order valence-corrected chi connectivity index (χ0v) is 12.2. The fourth-order valence-corrected chi connectivity index (χ4v) is 1.92. The molecule has 0 aliphatic carbocycles. The highest BCUT2D eigenvalue weighted by atomic mass is 16.2. The number of carbonyl (C=O) groups is 1. The van der Waals surface area contributed by atoms with Gasteiger partial charge in [-0.3, -0.25) is 0 Å². The lowest BCUT2D eigenvalue weighted by molar-refractivity contribution is 0.252. The smallest absolute Gasteiger partial charge is 0.319 e. The number of nitrogens with one attached hydrogen (secondary N) is 2. The second-order valence-electron chi connectivity index (χ2n) is 5.01. The first-order chi connectivity index (χ1) is 9.22. The Bertz CT molecular complexity index is 360. The summed E-state index contributed by atoms with van der Waals surface area (Å²) in [5, 5.41) is 5.72. The molecule has 106 valence electrons. The van der Waals surface area contributed by atoms with Gasteiger partial charge in [-0.1, -0.05) is 56.7 Å². The van der Waals surface area contributed by atoms with Crippen molar-refractivity contribution < 1.29 is 4.79 Å². The van der Waals surface area contributed by atoms with E-state index in [9.17, 15) is 4.79 Å². The molecule has 0 heterocycles. The molecule has 1 rings (SSSR count). The van der Waals surface area contributed by atoms with Crippen molar-refractivity contribution in [3.8, 4) is 0 Å². The average molecular weight is 262 g/mol. The van der Waals surface area contributed by atoms with E-state index < -0.39 is 0 Å². The van der Waals surface area contributed by atoms with Crippen LogP contribution in [0.25, 0.3) is 0 Å². The van der Waals surface area contributed by atoms with E-state index in [1.807, 2.05) is 31.2 Å². The molecule has 2 amide bonds. The first-order valence-electron chi connectivity index (χ1n) is 7.34. The Morgan fingerprint density at radius 2 is 1.63 bits per heavy atom. The van der Waals surface area contributed by atoms with E-state index in [1.165, 1.54) is 37.7 Å². The second-order valence-corrected chi connectivity index (χ2v) is 5.01.